The molecule has 1 fully saturated rings. The van der Waals surface area contributed by atoms with E-state index in [-0.39, 0.29) is 0 Å². The van der Waals surface area contributed by atoms with Crippen LogP contribution in [0.1, 0.15) is 37.0 Å². The smallest absolute Gasteiger partial charge is 0.0763 e. The van der Waals surface area contributed by atoms with Crippen molar-refractivity contribution in [2.24, 2.45) is 0 Å². The Labute approximate surface area is 150 Å². The van der Waals surface area contributed by atoms with Crippen LogP contribution in [0.4, 0.5) is 5.69 Å². The van der Waals surface area contributed by atoms with Gasteiger partial charge in [0.25, 0.3) is 0 Å². The molecule has 2 heterocycles. The predicted molar refractivity (Wildman–Crippen MR) is 105 cm³/mol. The summed E-state index contributed by atoms with van der Waals surface area (Å²) >= 11 is 1.97. The summed E-state index contributed by atoms with van der Waals surface area (Å²) in [5.74, 6) is 0. The molecule has 2 atom stereocenters. The molecule has 1 aromatic carbocycles. The monoisotopic (exact) mass is 343 g/mol. The number of nitrogens with zero attached hydrogens (tertiary/aromatic N) is 2. The van der Waals surface area contributed by atoms with Crippen LogP contribution >= 0.6 is 11.8 Å². The van der Waals surface area contributed by atoms with Gasteiger partial charge in [-0.2, -0.15) is 0 Å². The lowest BCUT2D eigenvalue weighted by Crippen LogP contribution is -2.45. The summed E-state index contributed by atoms with van der Waals surface area (Å²) in [6, 6.07) is 5.38. The van der Waals surface area contributed by atoms with Crippen molar-refractivity contribution < 1.29 is 0 Å². The molecule has 3 aliphatic rings. The van der Waals surface area contributed by atoms with E-state index in [1.807, 2.05) is 11.8 Å². The van der Waals surface area contributed by atoms with E-state index in [4.69, 9.17) is 0 Å². The average Bonchev–Trinajstić information content (AvgIpc) is 2.94. The highest BCUT2D eigenvalue weighted by atomic mass is 32.2. The van der Waals surface area contributed by atoms with Crippen LogP contribution in [0, 0.1) is 6.92 Å². The molecule has 4 rings (SSSR count). The number of thioether (sulfide) groups is 1. The van der Waals surface area contributed by atoms with Crippen molar-refractivity contribution in [1.29, 1.82) is 0 Å². The van der Waals surface area contributed by atoms with Gasteiger partial charge < -0.3 is 15.1 Å². The van der Waals surface area contributed by atoms with Crippen LogP contribution in [0.3, 0.4) is 0 Å². The number of fused-ring (bicyclic) bond motifs is 1. The van der Waals surface area contributed by atoms with Crippen LogP contribution in [-0.2, 0) is 12.8 Å². The molecule has 0 aromatic heterocycles. The van der Waals surface area contributed by atoms with Gasteiger partial charge in [-0.1, -0.05) is 6.07 Å². The Hall–Kier alpha value is -1.13. The Kier molecular flexibility index (Phi) is 4.52. The maximum Gasteiger partial charge on any atom is 0.0763 e. The molecule has 1 unspecified atom stereocenters. The first-order valence-electron chi connectivity index (χ1n) is 9.32. The number of nitrogens with one attached hydrogen (secondary N) is 1. The molecule has 0 radical (unpaired) electrons. The first kappa shape index (κ1) is 16.3. The van der Waals surface area contributed by atoms with Crippen molar-refractivity contribution in [2.45, 2.75) is 51.4 Å². The second kappa shape index (κ2) is 6.64. The minimum absolute atomic E-state index is 0.587. The third kappa shape index (κ3) is 2.84. The summed E-state index contributed by atoms with van der Waals surface area (Å²) < 4.78 is 0. The van der Waals surface area contributed by atoms with Gasteiger partial charge in [-0.3, -0.25) is 0 Å². The van der Waals surface area contributed by atoms with Crippen LogP contribution in [0.2, 0.25) is 0 Å². The summed E-state index contributed by atoms with van der Waals surface area (Å²) in [6.07, 6.45) is 3.72. The van der Waals surface area contributed by atoms with Crippen molar-refractivity contribution in [1.82, 2.24) is 10.2 Å². The molecule has 24 heavy (non-hydrogen) atoms. The highest BCUT2D eigenvalue weighted by Gasteiger charge is 2.32. The molecular formula is C20H29N3S. The molecule has 2 aliphatic heterocycles. The molecule has 1 aromatic rings. The molecular weight excluding hydrogens is 314 g/mol. The molecule has 0 amide bonds. The minimum Gasteiger partial charge on any atom is -0.369 e. The number of rotatable bonds is 2. The summed E-state index contributed by atoms with van der Waals surface area (Å²) in [6.45, 7) is 11.4. The van der Waals surface area contributed by atoms with Crippen molar-refractivity contribution >= 4 is 17.4 Å². The zero-order chi connectivity index (χ0) is 16.7. The molecule has 1 aliphatic carbocycles. The Morgan fingerprint density at radius 1 is 1.12 bits per heavy atom. The number of aryl methyl sites for hydroxylation is 1. The lowest BCUT2D eigenvalue weighted by atomic mass is 9.83. The lowest BCUT2D eigenvalue weighted by molar-refractivity contribution is 0.230. The van der Waals surface area contributed by atoms with E-state index < -0.39 is 0 Å². The van der Waals surface area contributed by atoms with Gasteiger partial charge in [-0.05, 0) is 68.2 Å². The second-order valence-corrected chi connectivity index (χ2v) is 8.58. The molecule has 0 saturated carbocycles. The van der Waals surface area contributed by atoms with Gasteiger partial charge in [0, 0.05) is 43.6 Å². The third-order valence-electron chi connectivity index (χ3n) is 5.89. The number of allylic oxidation sites excluding steroid dienone is 1. The van der Waals surface area contributed by atoms with Crippen LogP contribution in [0.25, 0.3) is 0 Å². The summed E-state index contributed by atoms with van der Waals surface area (Å²) in [4.78, 5) is 5.26. The Balaban J connectivity index is 1.66. The molecule has 130 valence electrons. The maximum atomic E-state index is 3.48. The standard InChI is InChI=1S/C20H29N3S/c1-14-4-7-20(22-10-8-21-9-11-22)19-12-17(5-6-18(14)19)23-15(2)13-24-16(23)3/h4,7,13,16-17,21H,5-6,8-12H2,1-3H3/t16?,17-/m1/s1. The van der Waals surface area contributed by atoms with Gasteiger partial charge >= 0.3 is 0 Å². The molecule has 0 bridgehead atoms. The Morgan fingerprint density at radius 3 is 2.62 bits per heavy atom. The molecule has 0 spiro atoms. The largest absolute Gasteiger partial charge is 0.369 e. The normalized spacial score (nSPS) is 27.2. The SMILES string of the molecule is CC1=CSC(C)N1[C@@H]1CCc2c(C)ccc(N3CCNCC3)c2C1. The first-order chi connectivity index (χ1) is 11.6. The van der Waals surface area contributed by atoms with Gasteiger partial charge in [-0.15, -0.1) is 11.8 Å². The van der Waals surface area contributed by atoms with Gasteiger partial charge in [0.15, 0.2) is 0 Å². The minimum atomic E-state index is 0.587. The zero-order valence-corrected chi connectivity index (χ0v) is 16.0. The van der Waals surface area contributed by atoms with E-state index in [0.29, 0.717) is 11.4 Å². The van der Waals surface area contributed by atoms with Crippen LogP contribution in [-0.4, -0.2) is 42.5 Å². The number of hydrogen-bond donors (Lipinski definition) is 1. The second-order valence-electron chi connectivity index (χ2n) is 7.39. The fraction of sp³-hybridized carbons (Fsp3) is 0.600. The first-order valence-corrected chi connectivity index (χ1v) is 10.3. The van der Waals surface area contributed by atoms with Gasteiger partial charge in [0.1, 0.15) is 0 Å². The van der Waals surface area contributed by atoms with Crippen molar-refractivity contribution in [2.75, 3.05) is 31.1 Å². The number of benzene rings is 1. The summed E-state index contributed by atoms with van der Waals surface area (Å²) in [5.41, 5.74) is 7.70. The van der Waals surface area contributed by atoms with Crippen molar-refractivity contribution in [3.05, 3.63) is 39.9 Å². The zero-order valence-electron chi connectivity index (χ0n) is 15.1. The summed E-state index contributed by atoms with van der Waals surface area (Å²) in [5, 5.41) is 6.41. The Morgan fingerprint density at radius 2 is 1.92 bits per heavy atom. The number of piperazine rings is 1. The maximum absolute atomic E-state index is 3.48. The van der Waals surface area contributed by atoms with E-state index >= 15 is 0 Å². The van der Waals surface area contributed by atoms with Crippen molar-refractivity contribution in [3.63, 3.8) is 0 Å². The van der Waals surface area contributed by atoms with E-state index in [2.05, 4.69) is 53.4 Å². The Bertz CT molecular complexity index is 649. The number of hydrogen-bond acceptors (Lipinski definition) is 4. The molecule has 1 N–H and O–H groups in total. The van der Waals surface area contributed by atoms with Crippen LogP contribution in [0.5, 0.6) is 0 Å². The quantitative estimate of drug-likeness (QED) is 0.885. The average molecular weight is 344 g/mol. The van der Waals surface area contributed by atoms with E-state index in [0.717, 1.165) is 26.2 Å². The molecule has 3 nitrogen and oxygen atoms in total. The highest BCUT2D eigenvalue weighted by molar-refractivity contribution is 8.02. The van der Waals surface area contributed by atoms with E-state index in [1.165, 1.54) is 36.2 Å². The lowest BCUT2D eigenvalue weighted by Gasteiger charge is -2.40. The third-order valence-corrected chi connectivity index (χ3v) is 6.99. The highest BCUT2D eigenvalue weighted by Crippen LogP contribution is 2.39. The fourth-order valence-electron chi connectivity index (χ4n) is 4.66. The van der Waals surface area contributed by atoms with E-state index in [1.54, 1.807) is 11.1 Å². The van der Waals surface area contributed by atoms with Crippen LogP contribution in [0.15, 0.2) is 23.2 Å². The van der Waals surface area contributed by atoms with Gasteiger partial charge in [0.05, 0.1) is 5.37 Å². The summed E-state index contributed by atoms with van der Waals surface area (Å²) in [7, 11) is 0. The molecule has 4 heteroatoms. The van der Waals surface area contributed by atoms with Gasteiger partial charge in [0.2, 0.25) is 0 Å². The van der Waals surface area contributed by atoms with Crippen molar-refractivity contribution in [3.8, 4) is 0 Å². The van der Waals surface area contributed by atoms with E-state index in [9.17, 15) is 0 Å². The number of anilines is 1. The predicted octanol–water partition coefficient (Wildman–Crippen LogP) is 3.52. The fourth-order valence-corrected chi connectivity index (χ4v) is 5.64. The van der Waals surface area contributed by atoms with Gasteiger partial charge in [-0.25, -0.2) is 0 Å². The topological polar surface area (TPSA) is 18.5 Å². The van der Waals surface area contributed by atoms with Crippen LogP contribution < -0.4 is 10.2 Å². The molecule has 1 saturated heterocycles.